The third kappa shape index (κ3) is 3.30. The number of carboxylic acid groups (broad SMARTS) is 1. The Labute approximate surface area is 155 Å². The van der Waals surface area contributed by atoms with Gasteiger partial charge in [-0.3, -0.25) is 14.2 Å². The van der Waals surface area contributed by atoms with Crippen molar-refractivity contribution < 1.29 is 32.6 Å². The maximum atomic E-state index is 14.2. The van der Waals surface area contributed by atoms with Gasteiger partial charge in [-0.2, -0.15) is 0 Å². The molecule has 5 nitrogen and oxygen atoms in total. The molecule has 1 N–H and O–H groups in total. The van der Waals surface area contributed by atoms with Crippen LogP contribution in [0.4, 0.5) is 13.2 Å². The molecule has 3 aromatic rings. The highest BCUT2D eigenvalue weighted by Crippen LogP contribution is 2.33. The molecule has 0 saturated heterocycles. The van der Waals surface area contributed by atoms with E-state index in [2.05, 4.69) is 0 Å². The lowest BCUT2D eigenvalue weighted by molar-refractivity contribution is -0.136. The summed E-state index contributed by atoms with van der Waals surface area (Å²) in [5.74, 6) is -2.57. The second kappa shape index (κ2) is 7.07. The number of thiophene rings is 1. The minimum Gasteiger partial charge on any atom is -0.494 e. The van der Waals surface area contributed by atoms with Crippen molar-refractivity contribution in [2.75, 3.05) is 7.11 Å². The quantitative estimate of drug-likeness (QED) is 0.692. The largest absolute Gasteiger partial charge is 0.494 e. The van der Waals surface area contributed by atoms with Crippen molar-refractivity contribution in [3.8, 4) is 5.75 Å². The first-order chi connectivity index (χ1) is 12.7. The van der Waals surface area contributed by atoms with Crippen LogP contribution < -0.4 is 4.74 Å². The molecule has 2 heterocycles. The molecule has 0 aliphatic heterocycles. The Morgan fingerprint density at radius 1 is 1.30 bits per heavy atom. The first-order valence-corrected chi connectivity index (χ1v) is 8.63. The average molecular weight is 397 g/mol. The number of halogens is 3. The monoisotopic (exact) mass is 397 g/mol. The summed E-state index contributed by atoms with van der Waals surface area (Å²) in [4.78, 5) is 23.9. The van der Waals surface area contributed by atoms with Gasteiger partial charge in [0.15, 0.2) is 11.6 Å². The summed E-state index contributed by atoms with van der Waals surface area (Å²) < 4.78 is 46.0. The summed E-state index contributed by atoms with van der Waals surface area (Å²) >= 11 is 0.746. The van der Waals surface area contributed by atoms with Crippen LogP contribution in [0.25, 0.3) is 10.9 Å². The van der Waals surface area contributed by atoms with Gasteiger partial charge in [0.05, 0.1) is 29.5 Å². The number of nitrogens with zero attached hydrogens (tertiary/aromatic N) is 1. The number of benzene rings is 1. The van der Waals surface area contributed by atoms with Gasteiger partial charge in [0, 0.05) is 22.5 Å². The van der Waals surface area contributed by atoms with Gasteiger partial charge in [0.1, 0.15) is 0 Å². The van der Waals surface area contributed by atoms with Crippen molar-refractivity contribution in [3.05, 3.63) is 51.1 Å². The molecule has 0 spiro atoms. The van der Waals surface area contributed by atoms with Gasteiger partial charge >= 0.3 is 5.97 Å². The maximum absolute atomic E-state index is 14.2. The lowest BCUT2D eigenvalue weighted by Crippen LogP contribution is -2.13. The maximum Gasteiger partial charge on any atom is 0.307 e. The molecule has 0 unspecified atom stereocenters. The Kier molecular flexibility index (Phi) is 4.97. The molecule has 0 aliphatic rings. The van der Waals surface area contributed by atoms with Crippen LogP contribution >= 0.6 is 11.3 Å². The van der Waals surface area contributed by atoms with Crippen LogP contribution in [0, 0.1) is 12.7 Å². The smallest absolute Gasteiger partial charge is 0.307 e. The van der Waals surface area contributed by atoms with Crippen LogP contribution in [0.5, 0.6) is 5.75 Å². The number of carbonyl (C=O) groups is 2. The normalized spacial score (nSPS) is 11.3. The molecule has 1 aromatic carbocycles. The zero-order valence-corrected chi connectivity index (χ0v) is 15.1. The zero-order chi connectivity index (χ0) is 19.9. The number of rotatable bonds is 5. The second-order valence-corrected chi connectivity index (χ2v) is 6.76. The highest BCUT2D eigenvalue weighted by Gasteiger charge is 2.24. The van der Waals surface area contributed by atoms with Gasteiger partial charge < -0.3 is 9.84 Å². The van der Waals surface area contributed by atoms with Crippen molar-refractivity contribution in [1.29, 1.82) is 0 Å². The van der Waals surface area contributed by atoms with Gasteiger partial charge in [-0.25, -0.2) is 13.2 Å². The summed E-state index contributed by atoms with van der Waals surface area (Å²) in [6.45, 7) is 1.53. The second-order valence-electron chi connectivity index (χ2n) is 5.82. The number of aliphatic carboxylic acids is 1. The van der Waals surface area contributed by atoms with E-state index >= 15 is 0 Å². The summed E-state index contributed by atoms with van der Waals surface area (Å²) in [5.41, 5.74) is 0.800. The Morgan fingerprint density at radius 3 is 2.56 bits per heavy atom. The molecule has 0 radical (unpaired) electrons. The molecule has 0 saturated carbocycles. The SMILES string of the molecule is COc1cc2c(CC(=O)O)c(C)n(C(=O)c3csc(C(F)F)c3)c2cc1F. The van der Waals surface area contributed by atoms with E-state index in [0.717, 1.165) is 28.0 Å². The molecule has 0 aliphatic carbocycles. The first kappa shape index (κ1) is 19.0. The molecule has 27 heavy (non-hydrogen) atoms. The molecule has 0 amide bonds. The molecule has 0 fully saturated rings. The van der Waals surface area contributed by atoms with E-state index in [0.29, 0.717) is 16.6 Å². The standard InChI is InChI=1S/C18H14F3NO4S/c1-8-10(5-16(23)24)11-4-14(26-2)12(19)6-13(11)22(8)18(25)9-3-15(17(20)21)27-7-9/h3-4,6-7,17H,5H2,1-2H3,(H,23,24). The fourth-order valence-corrected chi connectivity index (χ4v) is 3.71. The van der Waals surface area contributed by atoms with E-state index in [1.807, 2.05) is 0 Å². The number of ether oxygens (including phenoxy) is 1. The molecule has 0 bridgehead atoms. The summed E-state index contributed by atoms with van der Waals surface area (Å²) in [7, 11) is 1.27. The lowest BCUT2D eigenvalue weighted by Gasteiger charge is -2.07. The van der Waals surface area contributed by atoms with Gasteiger partial charge in [-0.1, -0.05) is 0 Å². The summed E-state index contributed by atoms with van der Waals surface area (Å²) in [6.07, 6.45) is -3.09. The van der Waals surface area contributed by atoms with Crippen molar-refractivity contribution >= 4 is 34.1 Å². The number of carbonyl (C=O) groups excluding carboxylic acids is 1. The predicted molar refractivity (Wildman–Crippen MR) is 93.5 cm³/mol. The number of carboxylic acids is 1. The van der Waals surface area contributed by atoms with Crippen LogP contribution in [0.15, 0.2) is 23.6 Å². The third-order valence-electron chi connectivity index (χ3n) is 4.22. The van der Waals surface area contributed by atoms with Crippen LogP contribution in [0.2, 0.25) is 0 Å². The minimum atomic E-state index is -2.71. The number of methoxy groups -OCH3 is 1. The molecule has 3 rings (SSSR count). The topological polar surface area (TPSA) is 68.5 Å². The number of hydrogen-bond acceptors (Lipinski definition) is 4. The van der Waals surface area contributed by atoms with E-state index in [1.165, 1.54) is 25.5 Å². The Bertz CT molecular complexity index is 1050. The molecule has 9 heteroatoms. The average Bonchev–Trinajstić information content (AvgIpc) is 3.18. The number of fused-ring (bicyclic) bond motifs is 1. The highest BCUT2D eigenvalue weighted by atomic mass is 32.1. The van der Waals surface area contributed by atoms with Crippen molar-refractivity contribution in [3.63, 3.8) is 0 Å². The Balaban J connectivity index is 2.24. The third-order valence-corrected chi connectivity index (χ3v) is 5.16. The van der Waals surface area contributed by atoms with Crippen LogP contribution in [0.3, 0.4) is 0 Å². The Hall–Kier alpha value is -2.81. The fraction of sp³-hybridized carbons (Fsp3) is 0.222. The van der Waals surface area contributed by atoms with Crippen LogP contribution in [0.1, 0.15) is 32.9 Å². The number of aromatic nitrogens is 1. The molecular formula is C18H14F3NO4S. The van der Waals surface area contributed by atoms with Crippen molar-refractivity contribution in [1.82, 2.24) is 4.57 Å². The van der Waals surface area contributed by atoms with E-state index in [4.69, 9.17) is 4.74 Å². The van der Waals surface area contributed by atoms with Crippen LogP contribution in [-0.4, -0.2) is 28.7 Å². The predicted octanol–water partition coefficient (Wildman–Crippen LogP) is 4.41. The molecule has 142 valence electrons. The van der Waals surface area contributed by atoms with Crippen molar-refractivity contribution in [2.45, 2.75) is 19.8 Å². The van der Waals surface area contributed by atoms with Gasteiger partial charge in [-0.15, -0.1) is 11.3 Å². The highest BCUT2D eigenvalue weighted by molar-refractivity contribution is 7.10. The van der Waals surface area contributed by atoms with Gasteiger partial charge in [0.2, 0.25) is 0 Å². The number of hydrogen-bond donors (Lipinski definition) is 1. The fourth-order valence-electron chi connectivity index (χ4n) is 2.98. The van der Waals surface area contributed by atoms with Crippen LogP contribution in [-0.2, 0) is 11.2 Å². The first-order valence-electron chi connectivity index (χ1n) is 7.75. The van der Waals surface area contributed by atoms with Gasteiger partial charge in [-0.05, 0) is 24.6 Å². The van der Waals surface area contributed by atoms with Crippen molar-refractivity contribution in [2.24, 2.45) is 0 Å². The Morgan fingerprint density at radius 2 is 2.00 bits per heavy atom. The minimum absolute atomic E-state index is 0.0217. The number of alkyl halides is 2. The van der Waals surface area contributed by atoms with E-state index < -0.39 is 24.1 Å². The molecule has 0 atom stereocenters. The summed E-state index contributed by atoms with van der Waals surface area (Å²) in [6, 6.07) is 3.49. The zero-order valence-electron chi connectivity index (χ0n) is 14.3. The molecule has 2 aromatic heterocycles. The van der Waals surface area contributed by atoms with Gasteiger partial charge in [0.25, 0.3) is 12.3 Å². The lowest BCUT2D eigenvalue weighted by atomic mass is 10.1. The van der Waals surface area contributed by atoms with E-state index in [9.17, 15) is 27.9 Å². The van der Waals surface area contributed by atoms with E-state index in [1.54, 1.807) is 0 Å². The summed E-state index contributed by atoms with van der Waals surface area (Å²) in [5, 5.41) is 10.8. The molecular weight excluding hydrogens is 383 g/mol. The van der Waals surface area contributed by atoms with E-state index in [-0.39, 0.29) is 28.1 Å².